The minimum absolute atomic E-state index is 0.473. The lowest BCUT2D eigenvalue weighted by Gasteiger charge is -2.34. The van der Waals surface area contributed by atoms with Gasteiger partial charge in [0.05, 0.1) is 0 Å². The van der Waals surface area contributed by atoms with E-state index in [1.165, 1.54) is 31.2 Å². The molecule has 1 aliphatic carbocycles. The molecule has 0 aromatic heterocycles. The van der Waals surface area contributed by atoms with Crippen LogP contribution in [0.15, 0.2) is 24.3 Å². The fourth-order valence-corrected chi connectivity index (χ4v) is 3.13. The summed E-state index contributed by atoms with van der Waals surface area (Å²) in [7, 11) is 2.24. The van der Waals surface area contributed by atoms with Crippen molar-refractivity contribution in [2.45, 2.75) is 45.2 Å². The quantitative estimate of drug-likeness (QED) is 0.855. The maximum absolute atomic E-state index is 5.62. The van der Waals surface area contributed by atoms with E-state index in [-0.39, 0.29) is 0 Å². The Morgan fingerprint density at radius 2 is 2.00 bits per heavy atom. The molecule has 0 saturated heterocycles. The van der Waals surface area contributed by atoms with E-state index < -0.39 is 0 Å². The van der Waals surface area contributed by atoms with Gasteiger partial charge in [-0.15, -0.1) is 0 Å². The lowest BCUT2D eigenvalue weighted by molar-refractivity contribution is 0.158. The fraction of sp³-hybridized carbons (Fsp3) is 0.562. The molecule has 104 valence electrons. The highest BCUT2D eigenvalue weighted by Gasteiger charge is 2.22. The zero-order valence-corrected chi connectivity index (χ0v) is 12.7. The Kier molecular flexibility index (Phi) is 4.94. The molecular formula is C16H24N2S. The van der Waals surface area contributed by atoms with E-state index in [1.807, 2.05) is 12.1 Å². The number of hydrogen-bond acceptors (Lipinski definition) is 2. The molecule has 1 aromatic rings. The SMILES string of the molecule is CC1CCCC(N(C)Cc2ccc(C(N)=S)cc2)C1. The van der Waals surface area contributed by atoms with Crippen LogP contribution in [0, 0.1) is 5.92 Å². The van der Waals surface area contributed by atoms with Crippen LogP contribution in [0.4, 0.5) is 0 Å². The van der Waals surface area contributed by atoms with Crippen molar-refractivity contribution in [3.8, 4) is 0 Å². The monoisotopic (exact) mass is 276 g/mol. The molecule has 2 rings (SSSR count). The van der Waals surface area contributed by atoms with Crippen molar-refractivity contribution in [2.75, 3.05) is 7.05 Å². The normalized spacial score (nSPS) is 23.5. The molecule has 2 N–H and O–H groups in total. The van der Waals surface area contributed by atoms with Gasteiger partial charge in [-0.1, -0.05) is 56.2 Å². The number of thiocarbonyl (C=S) groups is 1. The summed E-state index contributed by atoms with van der Waals surface area (Å²) in [5.74, 6) is 0.873. The van der Waals surface area contributed by atoms with Gasteiger partial charge in [-0.25, -0.2) is 0 Å². The Hall–Kier alpha value is -0.930. The summed E-state index contributed by atoms with van der Waals surface area (Å²) in [4.78, 5) is 2.96. The average molecular weight is 276 g/mol. The smallest absolute Gasteiger partial charge is 0.103 e. The lowest BCUT2D eigenvalue weighted by Crippen LogP contribution is -2.35. The Bertz CT molecular complexity index is 427. The zero-order chi connectivity index (χ0) is 13.8. The Morgan fingerprint density at radius 3 is 2.58 bits per heavy atom. The van der Waals surface area contributed by atoms with Gasteiger partial charge < -0.3 is 5.73 Å². The summed E-state index contributed by atoms with van der Waals surface area (Å²) < 4.78 is 0. The third-order valence-corrected chi connectivity index (χ3v) is 4.44. The molecule has 3 heteroatoms. The molecule has 2 unspecified atom stereocenters. The molecular weight excluding hydrogens is 252 g/mol. The van der Waals surface area contributed by atoms with Gasteiger partial charge in [0, 0.05) is 18.2 Å². The average Bonchev–Trinajstić information content (AvgIpc) is 2.39. The van der Waals surface area contributed by atoms with Crippen molar-refractivity contribution in [1.82, 2.24) is 4.90 Å². The molecule has 0 bridgehead atoms. The maximum Gasteiger partial charge on any atom is 0.103 e. The molecule has 0 spiro atoms. The van der Waals surface area contributed by atoms with E-state index >= 15 is 0 Å². The van der Waals surface area contributed by atoms with Crippen LogP contribution in [-0.2, 0) is 6.54 Å². The number of rotatable bonds is 4. The zero-order valence-electron chi connectivity index (χ0n) is 11.9. The molecule has 1 fully saturated rings. The highest BCUT2D eigenvalue weighted by Crippen LogP contribution is 2.27. The van der Waals surface area contributed by atoms with Crippen molar-refractivity contribution in [2.24, 2.45) is 11.7 Å². The number of benzene rings is 1. The summed E-state index contributed by atoms with van der Waals surface area (Å²) in [6, 6.07) is 9.05. The molecule has 0 radical (unpaired) electrons. The van der Waals surface area contributed by atoms with E-state index in [4.69, 9.17) is 18.0 Å². The topological polar surface area (TPSA) is 29.3 Å². The number of hydrogen-bond donors (Lipinski definition) is 1. The molecule has 2 atom stereocenters. The van der Waals surface area contributed by atoms with E-state index in [9.17, 15) is 0 Å². The van der Waals surface area contributed by atoms with Crippen LogP contribution < -0.4 is 5.73 Å². The largest absolute Gasteiger partial charge is 0.389 e. The Labute approximate surface area is 122 Å². The molecule has 1 aromatic carbocycles. The molecule has 19 heavy (non-hydrogen) atoms. The van der Waals surface area contributed by atoms with E-state index in [1.54, 1.807) is 0 Å². The second kappa shape index (κ2) is 6.49. The predicted octanol–water partition coefficient (Wildman–Crippen LogP) is 3.33. The fourth-order valence-electron chi connectivity index (χ4n) is 2.99. The van der Waals surface area contributed by atoms with Crippen molar-refractivity contribution in [1.29, 1.82) is 0 Å². The van der Waals surface area contributed by atoms with E-state index in [0.717, 1.165) is 24.1 Å². The second-order valence-corrected chi connectivity index (χ2v) is 6.34. The third-order valence-electron chi connectivity index (χ3n) is 4.20. The van der Waals surface area contributed by atoms with Crippen LogP contribution >= 0.6 is 12.2 Å². The molecule has 0 aliphatic heterocycles. The molecule has 1 aliphatic rings. The molecule has 2 nitrogen and oxygen atoms in total. The van der Waals surface area contributed by atoms with Crippen LogP contribution in [0.2, 0.25) is 0 Å². The summed E-state index contributed by atoms with van der Waals surface area (Å²) in [5.41, 5.74) is 7.90. The van der Waals surface area contributed by atoms with Crippen LogP contribution in [0.25, 0.3) is 0 Å². The van der Waals surface area contributed by atoms with Gasteiger partial charge in [0.15, 0.2) is 0 Å². The van der Waals surface area contributed by atoms with Gasteiger partial charge in [0.2, 0.25) is 0 Å². The highest BCUT2D eigenvalue weighted by molar-refractivity contribution is 7.80. The van der Waals surface area contributed by atoms with Crippen molar-refractivity contribution in [3.05, 3.63) is 35.4 Å². The first-order valence-electron chi connectivity index (χ1n) is 7.15. The van der Waals surface area contributed by atoms with Gasteiger partial charge in [0.1, 0.15) is 4.99 Å². The molecule has 0 amide bonds. The van der Waals surface area contributed by atoms with Gasteiger partial charge in [-0.2, -0.15) is 0 Å². The Morgan fingerprint density at radius 1 is 1.32 bits per heavy atom. The summed E-state index contributed by atoms with van der Waals surface area (Å²) in [6.45, 7) is 3.38. The highest BCUT2D eigenvalue weighted by atomic mass is 32.1. The number of nitrogens with zero attached hydrogens (tertiary/aromatic N) is 1. The minimum Gasteiger partial charge on any atom is -0.389 e. The number of nitrogens with two attached hydrogens (primary N) is 1. The standard InChI is InChI=1S/C16H24N2S/c1-12-4-3-5-15(10-12)18(2)11-13-6-8-14(9-7-13)16(17)19/h6-9,12,15H,3-5,10-11H2,1-2H3,(H2,17,19). The van der Waals surface area contributed by atoms with Crippen LogP contribution in [0.5, 0.6) is 0 Å². The molecule has 0 heterocycles. The second-order valence-electron chi connectivity index (χ2n) is 5.90. The summed E-state index contributed by atoms with van der Waals surface area (Å²) >= 11 is 4.98. The predicted molar refractivity (Wildman–Crippen MR) is 85.2 cm³/mol. The van der Waals surface area contributed by atoms with Crippen molar-refractivity contribution < 1.29 is 0 Å². The minimum atomic E-state index is 0.473. The van der Waals surface area contributed by atoms with E-state index in [0.29, 0.717) is 4.99 Å². The summed E-state index contributed by atoms with van der Waals surface area (Å²) in [6.07, 6.45) is 5.44. The first kappa shape index (κ1) is 14.5. The van der Waals surface area contributed by atoms with Crippen LogP contribution in [0.3, 0.4) is 0 Å². The first-order valence-corrected chi connectivity index (χ1v) is 7.56. The van der Waals surface area contributed by atoms with Gasteiger partial charge in [-0.3, -0.25) is 4.90 Å². The first-order chi connectivity index (χ1) is 9.06. The van der Waals surface area contributed by atoms with Crippen LogP contribution in [-0.4, -0.2) is 23.0 Å². The van der Waals surface area contributed by atoms with Gasteiger partial charge >= 0.3 is 0 Å². The maximum atomic E-state index is 5.62. The van der Waals surface area contributed by atoms with Crippen molar-refractivity contribution >= 4 is 17.2 Å². The molecule has 1 saturated carbocycles. The lowest BCUT2D eigenvalue weighted by atomic mass is 9.86. The van der Waals surface area contributed by atoms with Gasteiger partial charge in [0.25, 0.3) is 0 Å². The Balaban J connectivity index is 1.94. The van der Waals surface area contributed by atoms with Crippen LogP contribution in [0.1, 0.15) is 43.7 Å². The van der Waals surface area contributed by atoms with Gasteiger partial charge in [-0.05, 0) is 31.4 Å². The summed E-state index contributed by atoms with van der Waals surface area (Å²) in [5, 5.41) is 0. The van der Waals surface area contributed by atoms with E-state index in [2.05, 4.69) is 31.0 Å². The third kappa shape index (κ3) is 4.02. The van der Waals surface area contributed by atoms with Crippen molar-refractivity contribution in [3.63, 3.8) is 0 Å².